The number of rotatable bonds is 4. The van der Waals surface area contributed by atoms with E-state index in [1.54, 1.807) is 0 Å². The molecule has 0 fully saturated rings. The van der Waals surface area contributed by atoms with Gasteiger partial charge < -0.3 is 39.1 Å². The summed E-state index contributed by atoms with van der Waals surface area (Å²) in [6, 6.07) is 0. The van der Waals surface area contributed by atoms with E-state index in [0.717, 1.165) is 0 Å². The van der Waals surface area contributed by atoms with Crippen molar-refractivity contribution in [3.63, 3.8) is 0 Å². The molecule has 14 heteroatoms. The van der Waals surface area contributed by atoms with Crippen molar-refractivity contribution in [2.24, 2.45) is 0 Å². The number of carboxylic acids is 2. The van der Waals surface area contributed by atoms with E-state index >= 15 is 0 Å². The summed E-state index contributed by atoms with van der Waals surface area (Å²) < 4.78 is 35.9. The van der Waals surface area contributed by atoms with Gasteiger partial charge in [-0.1, -0.05) is 0 Å². The zero-order valence-corrected chi connectivity index (χ0v) is 16.7. The first-order valence-corrected chi connectivity index (χ1v) is 6.08. The number of carbonyl (C=O) groups excluding carboxylic acids is 2. The molecule has 108 valence electrons. The predicted molar refractivity (Wildman–Crippen MR) is 52.8 cm³/mol. The normalized spacial score (nSPS) is 18.3. The van der Waals surface area contributed by atoms with Crippen LogP contribution in [-0.2, 0) is 31.7 Å². The zero-order valence-electron chi connectivity index (χ0n) is 11.1. The molecule has 0 radical (unpaired) electrons. The van der Waals surface area contributed by atoms with Crippen LogP contribution in [0.4, 0.5) is 0 Å². The minimum absolute atomic E-state index is 0. The Balaban J connectivity index is -0.000000116. The van der Waals surface area contributed by atoms with Crippen molar-refractivity contribution in [1.82, 2.24) is 0 Å². The average molecular weight is 352 g/mol. The maximum absolute atomic E-state index is 9.90. The quantitative estimate of drug-likeness (QED) is 0.278. The summed E-state index contributed by atoms with van der Waals surface area (Å²) in [5.41, 5.74) is 0. The third-order valence-corrected chi connectivity index (χ3v) is 3.13. The monoisotopic (exact) mass is 352 g/mol. The van der Waals surface area contributed by atoms with Gasteiger partial charge in [0.1, 0.15) is 0 Å². The molecule has 0 aliphatic carbocycles. The van der Waals surface area contributed by atoms with Crippen LogP contribution in [0.3, 0.4) is 0 Å². The van der Waals surface area contributed by atoms with E-state index in [1.807, 2.05) is 0 Å². The van der Waals surface area contributed by atoms with Gasteiger partial charge in [0, 0.05) is 0 Å². The summed E-state index contributed by atoms with van der Waals surface area (Å²) in [6.07, 6.45) is 0. The molecule has 0 aromatic rings. The van der Waals surface area contributed by atoms with Crippen LogP contribution in [0.1, 0.15) is 13.8 Å². The molecule has 4 N–H and O–H groups in total. The summed E-state index contributed by atoms with van der Waals surface area (Å²) >= 11 is -5.62. The Hall–Kier alpha value is 1.08. The van der Waals surface area contributed by atoms with Crippen molar-refractivity contribution in [1.29, 1.82) is 0 Å². The third kappa shape index (κ3) is 9.92. The number of hydrogen-bond donors (Lipinski definition) is 4. The Bertz CT molecular complexity index is 314. The topological polar surface area (TPSA) is 195 Å². The van der Waals surface area contributed by atoms with Crippen molar-refractivity contribution in [2.45, 2.75) is 23.7 Å². The second-order valence-corrected chi connectivity index (χ2v) is 5.63. The molecule has 0 aromatic heterocycles. The van der Waals surface area contributed by atoms with E-state index < -0.39 is 44.0 Å². The van der Waals surface area contributed by atoms with Crippen LogP contribution in [0, 0.1) is 0 Å². The summed E-state index contributed by atoms with van der Waals surface area (Å²) in [5.74, 6) is -3.94. The van der Waals surface area contributed by atoms with Crippen LogP contribution in [0.5, 0.6) is 0 Å². The van der Waals surface area contributed by atoms with E-state index in [-0.39, 0.29) is 59.1 Å². The summed E-state index contributed by atoms with van der Waals surface area (Å²) in [4.78, 5) is 14.2. The van der Waals surface area contributed by atoms with Crippen molar-refractivity contribution < 1.29 is 107 Å². The van der Waals surface area contributed by atoms with E-state index in [4.69, 9.17) is 19.3 Å². The third-order valence-electron chi connectivity index (χ3n) is 1.44. The van der Waals surface area contributed by atoms with Gasteiger partial charge >= 0.3 is 59.1 Å². The largest absolute Gasteiger partial charge is 1.00 e. The summed E-state index contributed by atoms with van der Waals surface area (Å²) in [5, 5.41) is 36.4. The van der Waals surface area contributed by atoms with Gasteiger partial charge in [-0.3, -0.25) is 0 Å². The standard InChI is InChI=1S/2C3H6O5S.2Na/c2*1-3(6,2(4)5)9(7)8;;/h2*6H,1H3,(H,4,5)(H,7,8);;/q;;2*+1/p-2. The fraction of sp³-hybridized carbons (Fsp3) is 0.667. The summed E-state index contributed by atoms with van der Waals surface area (Å²) in [7, 11) is 0. The molecule has 0 aliphatic rings. The molecular formula is C6H10Na2O10S2. The van der Waals surface area contributed by atoms with Crippen LogP contribution >= 0.6 is 0 Å². The van der Waals surface area contributed by atoms with Gasteiger partial charge in [-0.15, -0.1) is 0 Å². The second-order valence-electron chi connectivity index (χ2n) is 3.04. The number of aliphatic hydroxyl groups is 2. The van der Waals surface area contributed by atoms with Gasteiger partial charge in [0.15, 0.2) is 22.2 Å². The van der Waals surface area contributed by atoms with Gasteiger partial charge in [0.2, 0.25) is 9.87 Å². The van der Waals surface area contributed by atoms with Crippen LogP contribution < -0.4 is 69.3 Å². The van der Waals surface area contributed by atoms with Gasteiger partial charge in [-0.05, 0) is 13.8 Å². The molecule has 20 heavy (non-hydrogen) atoms. The minimum atomic E-state index is -2.81. The van der Waals surface area contributed by atoms with Gasteiger partial charge in [0.25, 0.3) is 0 Å². The Labute approximate surface area is 163 Å². The van der Waals surface area contributed by atoms with Gasteiger partial charge in [-0.25, -0.2) is 8.42 Å². The molecule has 0 saturated carbocycles. The molecule has 4 atom stereocenters. The summed E-state index contributed by atoms with van der Waals surface area (Å²) in [6.45, 7) is 1.36. The van der Waals surface area contributed by atoms with E-state index in [2.05, 4.69) is 0 Å². The van der Waals surface area contributed by atoms with Crippen LogP contribution in [0.15, 0.2) is 0 Å². The molecule has 0 spiro atoms. The Kier molecular flexibility index (Phi) is 16.9. The van der Waals surface area contributed by atoms with Crippen molar-refractivity contribution >= 4 is 34.1 Å². The SMILES string of the molecule is CC(O)(C(=O)[O-])S(=O)O.CC(O)(C(=O)[O-])S(=O)O.[Na+].[Na+]. The molecule has 0 saturated heterocycles. The minimum Gasteiger partial charge on any atom is -0.546 e. The first-order chi connectivity index (χ1) is 7.77. The Morgan fingerprint density at radius 1 is 0.850 bits per heavy atom. The molecule has 4 unspecified atom stereocenters. The molecule has 0 heterocycles. The molecule has 0 aliphatic heterocycles. The molecule has 0 aromatic carbocycles. The molecule has 0 bridgehead atoms. The Morgan fingerprint density at radius 3 is 1.00 bits per heavy atom. The Morgan fingerprint density at radius 2 is 1.00 bits per heavy atom. The van der Waals surface area contributed by atoms with Gasteiger partial charge in [0.05, 0.1) is 11.9 Å². The van der Waals surface area contributed by atoms with Crippen LogP contribution in [0.25, 0.3) is 0 Å². The van der Waals surface area contributed by atoms with Crippen LogP contribution in [-0.4, -0.2) is 49.5 Å². The molecular weight excluding hydrogens is 342 g/mol. The second kappa shape index (κ2) is 11.6. The maximum atomic E-state index is 9.90. The molecule has 0 rings (SSSR count). The predicted octanol–water partition coefficient (Wildman–Crippen LogP) is -10.7. The van der Waals surface area contributed by atoms with E-state index in [1.165, 1.54) is 0 Å². The molecule has 0 amide bonds. The van der Waals surface area contributed by atoms with Crippen LogP contribution in [0.2, 0.25) is 0 Å². The van der Waals surface area contributed by atoms with Crippen molar-refractivity contribution in [3.8, 4) is 0 Å². The van der Waals surface area contributed by atoms with Crippen molar-refractivity contribution in [2.75, 3.05) is 0 Å². The van der Waals surface area contributed by atoms with Gasteiger partial charge in [-0.2, -0.15) is 0 Å². The number of aliphatic carboxylic acids is 2. The van der Waals surface area contributed by atoms with E-state index in [0.29, 0.717) is 13.8 Å². The van der Waals surface area contributed by atoms with Crippen molar-refractivity contribution in [3.05, 3.63) is 0 Å². The first kappa shape index (κ1) is 29.1. The van der Waals surface area contributed by atoms with E-state index in [9.17, 15) is 28.2 Å². The number of carboxylic acid groups (broad SMARTS) is 2. The fourth-order valence-electron chi connectivity index (χ4n) is 0.143. The zero-order chi connectivity index (χ0) is 15.3. The fourth-order valence-corrected chi connectivity index (χ4v) is 0.428. The smallest absolute Gasteiger partial charge is 0.546 e. The maximum Gasteiger partial charge on any atom is 1.00 e. The molecule has 10 nitrogen and oxygen atoms in total. The average Bonchev–Trinajstić information content (AvgIpc) is 2.17. The number of hydrogen-bond acceptors (Lipinski definition) is 8. The number of carbonyl (C=O) groups is 2. The first-order valence-electron chi connectivity index (χ1n) is 3.87.